The van der Waals surface area contributed by atoms with E-state index in [4.69, 9.17) is 10.8 Å². The number of amides is 3. The van der Waals surface area contributed by atoms with E-state index in [-0.39, 0.29) is 18.6 Å². The molecule has 0 aliphatic rings. The summed E-state index contributed by atoms with van der Waals surface area (Å²) in [6.45, 7) is 0. The molecule has 2 aromatic rings. The van der Waals surface area contributed by atoms with Crippen LogP contribution in [0.1, 0.15) is 30.5 Å². The van der Waals surface area contributed by atoms with Crippen LogP contribution < -0.4 is 21.7 Å². The number of carbonyl (C=O) groups excluding carboxylic acids is 3. The fourth-order valence-electron chi connectivity index (χ4n) is 3.54. The average molecular weight is 563 g/mol. The van der Waals surface area contributed by atoms with Crippen LogP contribution in [0.5, 0.6) is 5.75 Å². The Morgan fingerprint density at radius 2 is 1.43 bits per heavy atom. The minimum Gasteiger partial charge on any atom is -0.508 e. The summed E-state index contributed by atoms with van der Waals surface area (Å²) in [5.74, 6) is -7.14. The summed E-state index contributed by atoms with van der Waals surface area (Å²) >= 11 is 0. The molecule has 16 heteroatoms. The minimum absolute atomic E-state index is 0.00486. The number of rotatable bonds is 16. The van der Waals surface area contributed by atoms with Crippen molar-refractivity contribution in [3.8, 4) is 5.75 Å². The van der Waals surface area contributed by atoms with Gasteiger partial charge in [-0.2, -0.15) is 0 Å². The fraction of sp³-hybridized carbons (Fsp3) is 0.375. The van der Waals surface area contributed by atoms with E-state index >= 15 is 0 Å². The molecular weight excluding hydrogens is 532 g/mol. The predicted molar refractivity (Wildman–Crippen MR) is 135 cm³/mol. The number of phenolic OH excluding ortho intramolecular Hbond substituents is 1. The summed E-state index contributed by atoms with van der Waals surface area (Å²) in [6, 6.07) is -0.0500. The number of aromatic amines is 1. The van der Waals surface area contributed by atoms with Crippen LogP contribution in [-0.4, -0.2) is 90.2 Å². The molecule has 216 valence electrons. The van der Waals surface area contributed by atoms with Crippen LogP contribution in [0.25, 0.3) is 0 Å². The quantitative estimate of drug-likeness (QED) is 0.109. The Labute approximate surface area is 227 Å². The summed E-state index contributed by atoms with van der Waals surface area (Å²) < 4.78 is 0. The molecule has 0 aliphatic carbocycles. The number of aromatic nitrogens is 2. The largest absolute Gasteiger partial charge is 0.508 e. The fourth-order valence-corrected chi connectivity index (χ4v) is 3.54. The molecular formula is C24H30N6O10. The molecule has 4 atom stereocenters. The van der Waals surface area contributed by atoms with Gasteiger partial charge < -0.3 is 47.1 Å². The number of aliphatic carboxylic acids is 3. The Bertz CT molecular complexity index is 1200. The third kappa shape index (κ3) is 10.4. The molecule has 10 N–H and O–H groups in total. The van der Waals surface area contributed by atoms with Gasteiger partial charge in [-0.15, -0.1) is 0 Å². The number of nitrogens with zero attached hydrogens (tertiary/aromatic N) is 1. The van der Waals surface area contributed by atoms with Crippen LogP contribution in [0, 0.1) is 0 Å². The molecule has 0 spiro atoms. The molecule has 0 saturated carbocycles. The van der Waals surface area contributed by atoms with Crippen molar-refractivity contribution in [2.24, 2.45) is 5.73 Å². The zero-order valence-corrected chi connectivity index (χ0v) is 21.1. The van der Waals surface area contributed by atoms with Crippen LogP contribution >= 0.6 is 0 Å². The van der Waals surface area contributed by atoms with Crippen molar-refractivity contribution in [2.75, 3.05) is 0 Å². The number of hydrogen-bond acceptors (Lipinski definition) is 9. The first kappa shape index (κ1) is 31.2. The molecule has 3 amide bonds. The Morgan fingerprint density at radius 3 is 1.98 bits per heavy atom. The lowest BCUT2D eigenvalue weighted by molar-refractivity contribution is -0.144. The molecule has 40 heavy (non-hydrogen) atoms. The van der Waals surface area contributed by atoms with Gasteiger partial charge in [0.05, 0.1) is 18.8 Å². The minimum atomic E-state index is -1.66. The molecule has 0 aliphatic heterocycles. The van der Waals surface area contributed by atoms with Crippen LogP contribution in [0.15, 0.2) is 36.8 Å². The number of phenols is 1. The van der Waals surface area contributed by atoms with Gasteiger partial charge in [0.15, 0.2) is 0 Å². The smallest absolute Gasteiger partial charge is 0.326 e. The van der Waals surface area contributed by atoms with Crippen molar-refractivity contribution < 1.29 is 49.2 Å². The number of imidazole rings is 1. The van der Waals surface area contributed by atoms with E-state index in [1.54, 1.807) is 0 Å². The Balaban J connectivity index is 2.17. The molecule has 0 saturated heterocycles. The zero-order valence-electron chi connectivity index (χ0n) is 21.1. The highest BCUT2D eigenvalue weighted by Gasteiger charge is 2.32. The molecule has 1 heterocycles. The van der Waals surface area contributed by atoms with Crippen molar-refractivity contribution in [3.05, 3.63) is 48.0 Å². The average Bonchev–Trinajstić information content (AvgIpc) is 3.39. The first-order chi connectivity index (χ1) is 18.8. The Morgan fingerprint density at radius 1 is 0.825 bits per heavy atom. The highest BCUT2D eigenvalue weighted by molar-refractivity contribution is 5.95. The molecule has 0 radical (unpaired) electrons. The lowest BCUT2D eigenvalue weighted by Crippen LogP contribution is -2.58. The third-order valence-corrected chi connectivity index (χ3v) is 5.61. The first-order valence-electron chi connectivity index (χ1n) is 11.9. The number of benzene rings is 1. The highest BCUT2D eigenvalue weighted by atomic mass is 16.4. The van der Waals surface area contributed by atoms with Crippen LogP contribution in [0.4, 0.5) is 0 Å². The number of aromatic hydroxyl groups is 1. The van der Waals surface area contributed by atoms with E-state index in [0.29, 0.717) is 11.3 Å². The maximum absolute atomic E-state index is 13.1. The van der Waals surface area contributed by atoms with Gasteiger partial charge in [-0.05, 0) is 30.5 Å². The van der Waals surface area contributed by atoms with Crippen LogP contribution in [0.3, 0.4) is 0 Å². The van der Waals surface area contributed by atoms with Gasteiger partial charge in [-0.3, -0.25) is 24.0 Å². The molecule has 2 rings (SSSR count). The SMILES string of the molecule is NC(Cc1ccc(O)cc1)C(=O)NC(CC(=O)O)C(=O)NC(Cc1cnc[nH]1)C(=O)NC(CCC(=O)O)C(=O)O. The molecule has 0 bridgehead atoms. The van der Waals surface area contributed by atoms with Crippen molar-refractivity contribution in [1.29, 1.82) is 0 Å². The number of carboxylic acid groups (broad SMARTS) is 3. The number of H-pyrrole nitrogens is 1. The maximum atomic E-state index is 13.1. The van der Waals surface area contributed by atoms with Crippen molar-refractivity contribution in [1.82, 2.24) is 25.9 Å². The predicted octanol–water partition coefficient (Wildman–Crippen LogP) is -1.89. The van der Waals surface area contributed by atoms with E-state index in [1.165, 1.54) is 36.8 Å². The summed E-state index contributed by atoms with van der Waals surface area (Å²) in [4.78, 5) is 79.0. The van der Waals surface area contributed by atoms with Gasteiger partial charge in [0.1, 0.15) is 23.9 Å². The summed E-state index contributed by atoms with van der Waals surface area (Å²) in [5.41, 5.74) is 6.86. The molecule has 0 fully saturated rings. The maximum Gasteiger partial charge on any atom is 0.326 e. The van der Waals surface area contributed by atoms with E-state index in [1.807, 2.05) is 0 Å². The summed E-state index contributed by atoms with van der Waals surface area (Å²) in [6.07, 6.45) is 0.566. The standard InChI is InChI=1S/C24H30N6O10/c25-15(7-12-1-3-14(31)4-2-12)21(36)29-18(9-20(34)35)23(38)30-17(8-13-10-26-11-27-13)22(37)28-16(24(39)40)5-6-19(32)33/h1-4,10-11,15-18,31H,5-9,25H2,(H,26,27)(H,28,37)(H,29,36)(H,30,38)(H,32,33)(H,34,35)(H,39,40). The van der Waals surface area contributed by atoms with Gasteiger partial charge >= 0.3 is 17.9 Å². The van der Waals surface area contributed by atoms with E-state index in [0.717, 1.165) is 0 Å². The van der Waals surface area contributed by atoms with Gasteiger partial charge in [0, 0.05) is 24.7 Å². The number of hydrogen-bond donors (Lipinski definition) is 9. The number of nitrogens with two attached hydrogens (primary N) is 1. The van der Waals surface area contributed by atoms with E-state index in [9.17, 15) is 44.1 Å². The normalized spacial score (nSPS) is 13.7. The van der Waals surface area contributed by atoms with Crippen molar-refractivity contribution in [2.45, 2.75) is 56.3 Å². The lowest BCUT2D eigenvalue weighted by Gasteiger charge is -2.24. The lowest BCUT2D eigenvalue weighted by atomic mass is 10.0. The number of carbonyl (C=O) groups is 6. The van der Waals surface area contributed by atoms with Crippen molar-refractivity contribution in [3.63, 3.8) is 0 Å². The summed E-state index contributed by atoms with van der Waals surface area (Å²) in [5, 5.41) is 43.6. The van der Waals surface area contributed by atoms with Crippen LogP contribution in [-0.2, 0) is 41.6 Å². The second-order valence-corrected chi connectivity index (χ2v) is 8.81. The number of nitrogens with one attached hydrogen (secondary N) is 4. The monoisotopic (exact) mass is 562 g/mol. The van der Waals surface area contributed by atoms with Gasteiger partial charge in [-0.25, -0.2) is 9.78 Å². The topological polar surface area (TPSA) is 274 Å². The Kier molecular flexibility index (Phi) is 11.6. The zero-order chi connectivity index (χ0) is 29.8. The summed E-state index contributed by atoms with van der Waals surface area (Å²) in [7, 11) is 0. The van der Waals surface area contributed by atoms with Crippen molar-refractivity contribution >= 4 is 35.6 Å². The third-order valence-electron chi connectivity index (χ3n) is 5.61. The second-order valence-electron chi connectivity index (χ2n) is 8.81. The first-order valence-corrected chi connectivity index (χ1v) is 11.9. The van der Waals surface area contributed by atoms with Gasteiger partial charge in [0.25, 0.3) is 0 Å². The molecule has 1 aromatic heterocycles. The molecule has 4 unspecified atom stereocenters. The number of carboxylic acids is 3. The highest BCUT2D eigenvalue weighted by Crippen LogP contribution is 2.11. The van der Waals surface area contributed by atoms with Gasteiger partial charge in [0.2, 0.25) is 17.7 Å². The molecule has 1 aromatic carbocycles. The molecule has 16 nitrogen and oxygen atoms in total. The van der Waals surface area contributed by atoms with E-state index < -0.39 is 79.1 Å². The van der Waals surface area contributed by atoms with Crippen LogP contribution in [0.2, 0.25) is 0 Å². The van der Waals surface area contributed by atoms with E-state index in [2.05, 4.69) is 25.9 Å². The Hall–Kier alpha value is -4.99. The van der Waals surface area contributed by atoms with Gasteiger partial charge in [-0.1, -0.05) is 12.1 Å². The second kappa shape index (κ2) is 14.8.